The van der Waals surface area contributed by atoms with Gasteiger partial charge in [-0.15, -0.1) is 34.0 Å². The molecule has 0 bridgehead atoms. The molecule has 11 nitrogen and oxygen atoms in total. The number of hydrogen-bond acceptors (Lipinski definition) is 7. The second-order valence-corrected chi connectivity index (χ2v) is 7.86. The van der Waals surface area contributed by atoms with E-state index in [1.54, 1.807) is 18.3 Å². The van der Waals surface area contributed by atoms with Gasteiger partial charge in [-0.1, -0.05) is 0 Å². The molecule has 1 fully saturated rings. The number of pyridine rings is 1. The van der Waals surface area contributed by atoms with E-state index in [9.17, 15) is 24.5 Å². The van der Waals surface area contributed by atoms with Gasteiger partial charge >= 0.3 is 11.1 Å². The predicted molar refractivity (Wildman–Crippen MR) is 137 cm³/mol. The minimum Gasteiger partial charge on any atom is -0.352 e. The summed E-state index contributed by atoms with van der Waals surface area (Å²) in [4.78, 5) is 57.4. The summed E-state index contributed by atoms with van der Waals surface area (Å²) in [5.41, 5.74) is -0.0739. The molecular weight excluding hydrogens is 576 g/mol. The van der Waals surface area contributed by atoms with E-state index in [2.05, 4.69) is 25.2 Å². The van der Waals surface area contributed by atoms with Crippen LogP contribution in [0.15, 0.2) is 46.2 Å². The Balaban J connectivity index is 0.00000204. The Hall–Kier alpha value is -2.90. The highest BCUT2D eigenvalue weighted by Crippen LogP contribution is 2.25. The molecule has 34 heavy (non-hydrogen) atoms. The first-order chi connectivity index (χ1) is 15.4. The summed E-state index contributed by atoms with van der Waals surface area (Å²) in [6.45, 7) is 2.45. The number of H-pyrrole nitrogens is 2. The van der Waals surface area contributed by atoms with Gasteiger partial charge in [-0.3, -0.25) is 34.4 Å². The van der Waals surface area contributed by atoms with Crippen LogP contribution in [-0.4, -0.2) is 50.3 Å². The summed E-state index contributed by atoms with van der Waals surface area (Å²) in [5.74, 6) is 0.173. The second-order valence-electron chi connectivity index (χ2n) is 7.86. The highest BCUT2D eigenvalue weighted by molar-refractivity contribution is 8.93. The number of nitrogens with one attached hydrogen (secondary N) is 3. The smallest absolute Gasteiger partial charge is 0.314 e. The Labute approximate surface area is 214 Å². The van der Waals surface area contributed by atoms with Crippen molar-refractivity contribution >= 4 is 56.6 Å². The molecule has 4 rings (SSSR count). The summed E-state index contributed by atoms with van der Waals surface area (Å²) < 4.78 is 0. The number of aromatic amines is 2. The average molecular weight is 600 g/mol. The highest BCUT2D eigenvalue weighted by atomic mass is 79.9. The maximum atomic E-state index is 12.2. The predicted octanol–water partition coefficient (Wildman–Crippen LogP) is 2.32. The van der Waals surface area contributed by atoms with Gasteiger partial charge in [0, 0.05) is 37.6 Å². The normalized spacial score (nSPS) is 14.1. The van der Waals surface area contributed by atoms with Crippen molar-refractivity contribution in [1.29, 1.82) is 0 Å². The highest BCUT2D eigenvalue weighted by Gasteiger charge is 2.22. The van der Waals surface area contributed by atoms with Crippen LogP contribution < -0.4 is 16.4 Å². The van der Waals surface area contributed by atoms with Crippen molar-refractivity contribution in [2.45, 2.75) is 19.4 Å². The van der Waals surface area contributed by atoms with Crippen LogP contribution in [-0.2, 0) is 6.54 Å². The number of piperidine rings is 1. The van der Waals surface area contributed by atoms with Crippen molar-refractivity contribution in [1.82, 2.24) is 25.2 Å². The number of benzene rings is 1. The van der Waals surface area contributed by atoms with Crippen LogP contribution in [0.3, 0.4) is 0 Å². The number of aromatic nitrogens is 3. The fraction of sp³-hybridized carbons (Fsp3) is 0.333. The Morgan fingerprint density at radius 3 is 2.53 bits per heavy atom. The number of carbonyl (C=O) groups excluding carboxylic acids is 1. The third-order valence-electron chi connectivity index (χ3n) is 5.68. The molecular formula is C21H24Br2N6O5. The lowest BCUT2D eigenvalue weighted by molar-refractivity contribution is -0.384. The van der Waals surface area contributed by atoms with Gasteiger partial charge in [0.15, 0.2) is 0 Å². The maximum absolute atomic E-state index is 12.2. The van der Waals surface area contributed by atoms with Gasteiger partial charge < -0.3 is 15.3 Å². The monoisotopic (exact) mass is 598 g/mol. The molecule has 182 valence electrons. The van der Waals surface area contributed by atoms with Gasteiger partial charge in [-0.05, 0) is 49.5 Å². The SMILES string of the molecule is Br.Br.O=C(NCC1CCN(Cc2cc([N+](=O)[O-])cc3[nH]c(=O)c(=O)[nH]c23)CC1)c1cccnc1. The molecule has 1 aliphatic heterocycles. The summed E-state index contributed by atoms with van der Waals surface area (Å²) in [6.07, 6.45) is 4.85. The van der Waals surface area contributed by atoms with E-state index >= 15 is 0 Å². The Bertz CT molecular complexity index is 1270. The first-order valence-electron chi connectivity index (χ1n) is 10.2. The number of nitro benzene ring substituents is 1. The topological polar surface area (TPSA) is 154 Å². The number of hydrogen-bond donors (Lipinski definition) is 3. The van der Waals surface area contributed by atoms with Crippen LogP contribution in [0.2, 0.25) is 0 Å². The minimum absolute atomic E-state index is 0. The zero-order chi connectivity index (χ0) is 22.7. The number of amides is 1. The molecule has 0 radical (unpaired) electrons. The molecule has 0 saturated carbocycles. The lowest BCUT2D eigenvalue weighted by atomic mass is 9.96. The van der Waals surface area contributed by atoms with Crippen LogP contribution in [0.25, 0.3) is 11.0 Å². The van der Waals surface area contributed by atoms with E-state index in [1.165, 1.54) is 18.3 Å². The first kappa shape index (κ1) is 27.3. The Kier molecular flexibility index (Phi) is 9.65. The van der Waals surface area contributed by atoms with Crippen molar-refractivity contribution in [2.75, 3.05) is 19.6 Å². The number of rotatable bonds is 6. The van der Waals surface area contributed by atoms with E-state index in [4.69, 9.17) is 0 Å². The fourth-order valence-corrected chi connectivity index (χ4v) is 3.94. The van der Waals surface area contributed by atoms with E-state index < -0.39 is 16.0 Å². The van der Waals surface area contributed by atoms with Crippen LogP contribution in [0.1, 0.15) is 28.8 Å². The van der Waals surface area contributed by atoms with Gasteiger partial charge in [-0.2, -0.15) is 0 Å². The number of nitrogens with zero attached hydrogens (tertiary/aromatic N) is 3. The van der Waals surface area contributed by atoms with Gasteiger partial charge in [0.05, 0.1) is 21.5 Å². The lowest BCUT2D eigenvalue weighted by Gasteiger charge is -2.32. The third kappa shape index (κ3) is 6.36. The number of non-ortho nitro benzene ring substituents is 1. The van der Waals surface area contributed by atoms with Crippen LogP contribution in [0, 0.1) is 16.0 Å². The molecule has 1 saturated heterocycles. The zero-order valence-corrected chi connectivity index (χ0v) is 21.4. The first-order valence-corrected chi connectivity index (χ1v) is 10.2. The van der Waals surface area contributed by atoms with Crippen LogP contribution in [0.5, 0.6) is 0 Å². The molecule has 13 heteroatoms. The van der Waals surface area contributed by atoms with Gasteiger partial charge in [0.2, 0.25) is 0 Å². The van der Waals surface area contributed by atoms with Crippen molar-refractivity contribution in [3.05, 3.63) is 78.6 Å². The molecule has 0 atom stereocenters. The fourth-order valence-electron chi connectivity index (χ4n) is 3.94. The molecule has 0 unspecified atom stereocenters. The molecule has 0 spiro atoms. The number of likely N-dealkylation sites (tertiary alicyclic amines) is 1. The van der Waals surface area contributed by atoms with Gasteiger partial charge in [0.25, 0.3) is 11.6 Å². The van der Waals surface area contributed by atoms with Gasteiger partial charge in [-0.25, -0.2) is 0 Å². The summed E-state index contributed by atoms with van der Waals surface area (Å²) in [5, 5.41) is 14.2. The molecule has 1 aliphatic rings. The average Bonchev–Trinajstić information content (AvgIpc) is 2.80. The molecule has 3 heterocycles. The number of carbonyl (C=O) groups is 1. The number of fused-ring (bicyclic) bond motifs is 1. The molecule has 1 aromatic carbocycles. The standard InChI is InChI=1S/C21H22N6O5.2BrH/c28-19(14-2-1-5-22-11-14)23-10-13-3-6-26(7-4-13)12-15-8-16(27(31)32)9-17-18(15)25-21(30)20(29)24-17;;/h1-2,5,8-9,11,13H,3-4,6-7,10,12H2,(H,23,28)(H,24,29)(H,25,30);2*1H. The minimum atomic E-state index is -0.849. The molecule has 3 aromatic rings. The van der Waals surface area contributed by atoms with Crippen molar-refractivity contribution in [3.63, 3.8) is 0 Å². The van der Waals surface area contributed by atoms with E-state index in [0.717, 1.165) is 25.9 Å². The van der Waals surface area contributed by atoms with Crippen molar-refractivity contribution in [2.24, 2.45) is 5.92 Å². The molecule has 3 N–H and O–H groups in total. The summed E-state index contributed by atoms with van der Waals surface area (Å²) in [7, 11) is 0. The molecule has 1 amide bonds. The number of nitro groups is 1. The number of halogens is 2. The second kappa shape index (κ2) is 12.0. The van der Waals surface area contributed by atoms with Gasteiger partial charge in [0.1, 0.15) is 0 Å². The van der Waals surface area contributed by atoms with Crippen molar-refractivity contribution < 1.29 is 9.72 Å². The lowest BCUT2D eigenvalue weighted by Crippen LogP contribution is -2.38. The summed E-state index contributed by atoms with van der Waals surface area (Å²) >= 11 is 0. The third-order valence-corrected chi connectivity index (χ3v) is 5.68. The zero-order valence-electron chi connectivity index (χ0n) is 18.0. The van der Waals surface area contributed by atoms with Crippen molar-refractivity contribution in [3.8, 4) is 0 Å². The Morgan fingerprint density at radius 2 is 1.88 bits per heavy atom. The molecule has 2 aromatic heterocycles. The largest absolute Gasteiger partial charge is 0.352 e. The Morgan fingerprint density at radius 1 is 1.18 bits per heavy atom. The molecule has 0 aliphatic carbocycles. The summed E-state index contributed by atoms with van der Waals surface area (Å²) in [6, 6.07) is 6.10. The van der Waals surface area contributed by atoms with Crippen LogP contribution in [0.4, 0.5) is 5.69 Å². The van der Waals surface area contributed by atoms with E-state index in [1.807, 2.05) is 0 Å². The van der Waals surface area contributed by atoms with Crippen LogP contribution >= 0.6 is 34.0 Å². The van der Waals surface area contributed by atoms with E-state index in [-0.39, 0.29) is 51.1 Å². The van der Waals surface area contributed by atoms with E-state index in [0.29, 0.717) is 35.7 Å². The quantitative estimate of drug-likeness (QED) is 0.223. The maximum Gasteiger partial charge on any atom is 0.314 e.